The van der Waals surface area contributed by atoms with Gasteiger partial charge in [-0.1, -0.05) is 0 Å². The molecule has 0 radical (unpaired) electrons. The molecular weight excluding hydrogens is 336 g/mol. The minimum atomic E-state index is -0.829. The van der Waals surface area contributed by atoms with Crippen LogP contribution in [0.5, 0.6) is 0 Å². The van der Waals surface area contributed by atoms with Crippen molar-refractivity contribution >= 4 is 11.8 Å². The van der Waals surface area contributed by atoms with E-state index < -0.39 is 18.1 Å². The Balaban J connectivity index is 1.71. The molecule has 0 aliphatic rings. The zero-order valence-electron chi connectivity index (χ0n) is 14.4. The van der Waals surface area contributed by atoms with Gasteiger partial charge in [-0.15, -0.1) is 0 Å². The molecule has 0 amide bonds. The van der Waals surface area contributed by atoms with Gasteiger partial charge in [-0.2, -0.15) is 0 Å². The van der Waals surface area contributed by atoms with Crippen LogP contribution in [0.1, 0.15) is 37.9 Å². The van der Waals surface area contributed by atoms with Crippen LogP contribution >= 0.6 is 0 Å². The molecule has 0 atom stereocenters. The minimum Gasteiger partial charge on any atom is -0.467 e. The lowest BCUT2D eigenvalue weighted by Gasteiger charge is -2.08. The molecule has 0 aliphatic heterocycles. The topological polar surface area (TPSA) is 94.3 Å². The maximum atomic E-state index is 12.5. The maximum Gasteiger partial charge on any atom is 0.344 e. The molecule has 0 fully saturated rings. The molecule has 1 N–H and O–H groups in total. The van der Waals surface area contributed by atoms with E-state index in [2.05, 4.69) is 4.98 Å². The van der Waals surface area contributed by atoms with E-state index in [9.17, 15) is 14.4 Å². The summed E-state index contributed by atoms with van der Waals surface area (Å²) < 4.78 is 12.3. The van der Waals surface area contributed by atoms with Crippen molar-refractivity contribution in [3.05, 3.63) is 81.4 Å². The number of ketones is 1. The van der Waals surface area contributed by atoms with E-state index in [-0.39, 0.29) is 11.3 Å². The number of hydrogen-bond donors (Lipinski definition) is 1. The number of esters is 1. The Bertz CT molecular complexity index is 995. The number of H-pyrrole nitrogens is 1. The van der Waals surface area contributed by atoms with Gasteiger partial charge in [0.2, 0.25) is 5.78 Å². The van der Waals surface area contributed by atoms with Crippen molar-refractivity contribution in [2.24, 2.45) is 0 Å². The quantitative estimate of drug-likeness (QED) is 0.542. The molecule has 134 valence electrons. The summed E-state index contributed by atoms with van der Waals surface area (Å²) in [6.07, 6.45) is 3.01. The molecule has 0 aromatic carbocycles. The van der Waals surface area contributed by atoms with Crippen LogP contribution in [0.15, 0.2) is 52.0 Å². The fraction of sp³-hybridized carbons (Fsp3) is 0.211. The van der Waals surface area contributed by atoms with Crippen LogP contribution in [0.4, 0.5) is 0 Å². The Morgan fingerprint density at radius 3 is 2.69 bits per heavy atom. The van der Waals surface area contributed by atoms with Gasteiger partial charge >= 0.3 is 5.97 Å². The standard InChI is InChI=1S/C19H18N2O5/c1-12-9-16(13(2)21(12)10-14-5-4-8-25-14)17(22)11-26-19(24)15-6-3-7-20-18(15)23/h3-9H,10-11H2,1-2H3,(H,20,23). The molecular formula is C19H18N2O5. The molecule has 3 rings (SSSR count). The summed E-state index contributed by atoms with van der Waals surface area (Å²) >= 11 is 0. The molecule has 0 saturated carbocycles. The highest BCUT2D eigenvalue weighted by Gasteiger charge is 2.19. The summed E-state index contributed by atoms with van der Waals surface area (Å²) in [4.78, 5) is 38.4. The second kappa shape index (κ2) is 7.26. The second-order valence-corrected chi connectivity index (χ2v) is 5.86. The van der Waals surface area contributed by atoms with Crippen molar-refractivity contribution in [1.82, 2.24) is 9.55 Å². The molecule has 3 aromatic rings. The third-order valence-electron chi connectivity index (χ3n) is 4.14. The Morgan fingerprint density at radius 1 is 1.19 bits per heavy atom. The Hall–Kier alpha value is -3.35. The first kappa shape index (κ1) is 17.5. The van der Waals surface area contributed by atoms with Crippen LogP contribution < -0.4 is 5.56 Å². The van der Waals surface area contributed by atoms with Crippen LogP contribution in [0, 0.1) is 13.8 Å². The number of Topliss-reactive ketones (excluding diaryl/α,β-unsaturated/α-hetero) is 1. The zero-order valence-corrected chi connectivity index (χ0v) is 14.4. The highest BCUT2D eigenvalue weighted by molar-refractivity contribution is 6.00. The number of ether oxygens (including phenoxy) is 1. The zero-order chi connectivity index (χ0) is 18.7. The number of aromatic amines is 1. The number of aromatic nitrogens is 2. The second-order valence-electron chi connectivity index (χ2n) is 5.86. The smallest absolute Gasteiger partial charge is 0.344 e. The third kappa shape index (κ3) is 3.51. The van der Waals surface area contributed by atoms with Gasteiger partial charge in [0, 0.05) is 23.1 Å². The molecule has 26 heavy (non-hydrogen) atoms. The number of carbonyl (C=O) groups excluding carboxylic acids is 2. The van der Waals surface area contributed by atoms with E-state index in [4.69, 9.17) is 9.15 Å². The number of nitrogens with zero attached hydrogens (tertiary/aromatic N) is 1. The predicted octanol–water partition coefficient (Wildman–Crippen LogP) is 2.47. The number of hydrogen-bond acceptors (Lipinski definition) is 5. The molecule has 3 aromatic heterocycles. The molecule has 0 spiro atoms. The van der Waals surface area contributed by atoms with Gasteiger partial charge in [-0.3, -0.25) is 9.59 Å². The van der Waals surface area contributed by atoms with Gasteiger partial charge in [-0.25, -0.2) is 4.79 Å². The highest BCUT2D eigenvalue weighted by atomic mass is 16.5. The molecule has 0 aliphatic carbocycles. The Kier molecular flexibility index (Phi) is 4.88. The van der Waals surface area contributed by atoms with Crippen LogP contribution in [-0.4, -0.2) is 27.9 Å². The highest BCUT2D eigenvalue weighted by Crippen LogP contribution is 2.18. The molecule has 3 heterocycles. The van der Waals surface area contributed by atoms with Crippen molar-refractivity contribution < 1.29 is 18.7 Å². The van der Waals surface area contributed by atoms with Crippen molar-refractivity contribution in [3.8, 4) is 0 Å². The van der Waals surface area contributed by atoms with Gasteiger partial charge in [-0.05, 0) is 44.2 Å². The molecule has 7 heteroatoms. The van der Waals surface area contributed by atoms with E-state index in [1.807, 2.05) is 24.5 Å². The van der Waals surface area contributed by atoms with Crippen LogP contribution in [-0.2, 0) is 11.3 Å². The molecule has 0 unspecified atom stereocenters. The van der Waals surface area contributed by atoms with E-state index in [1.165, 1.54) is 18.3 Å². The van der Waals surface area contributed by atoms with Crippen molar-refractivity contribution in [3.63, 3.8) is 0 Å². The van der Waals surface area contributed by atoms with Crippen molar-refractivity contribution in [1.29, 1.82) is 0 Å². The number of nitrogens with one attached hydrogen (secondary N) is 1. The number of pyridine rings is 1. The lowest BCUT2D eigenvalue weighted by Crippen LogP contribution is -2.21. The molecule has 0 saturated heterocycles. The van der Waals surface area contributed by atoms with Crippen LogP contribution in [0.25, 0.3) is 0 Å². The fourth-order valence-corrected chi connectivity index (χ4v) is 2.75. The maximum absolute atomic E-state index is 12.5. The van der Waals surface area contributed by atoms with E-state index in [0.717, 1.165) is 17.1 Å². The first-order valence-electron chi connectivity index (χ1n) is 8.04. The summed E-state index contributed by atoms with van der Waals surface area (Å²) in [5.41, 5.74) is 1.44. The van der Waals surface area contributed by atoms with Gasteiger partial charge < -0.3 is 18.7 Å². The lowest BCUT2D eigenvalue weighted by molar-refractivity contribution is 0.0472. The third-order valence-corrected chi connectivity index (χ3v) is 4.14. The molecule has 0 bridgehead atoms. The first-order chi connectivity index (χ1) is 12.5. The first-order valence-corrected chi connectivity index (χ1v) is 8.04. The van der Waals surface area contributed by atoms with Crippen LogP contribution in [0.3, 0.4) is 0 Å². The predicted molar refractivity (Wildman–Crippen MR) is 93.4 cm³/mol. The summed E-state index contributed by atoms with van der Waals surface area (Å²) in [6, 6.07) is 8.28. The SMILES string of the molecule is Cc1cc(C(=O)COC(=O)c2ccc[nH]c2=O)c(C)n1Cc1ccco1. The van der Waals surface area contributed by atoms with Crippen molar-refractivity contribution in [2.45, 2.75) is 20.4 Å². The normalized spacial score (nSPS) is 10.7. The largest absolute Gasteiger partial charge is 0.467 e. The lowest BCUT2D eigenvalue weighted by atomic mass is 10.1. The number of rotatable bonds is 6. The van der Waals surface area contributed by atoms with E-state index in [0.29, 0.717) is 12.1 Å². The van der Waals surface area contributed by atoms with Crippen molar-refractivity contribution in [2.75, 3.05) is 6.61 Å². The van der Waals surface area contributed by atoms with E-state index in [1.54, 1.807) is 18.4 Å². The average Bonchev–Trinajstić information content (AvgIpc) is 3.23. The van der Waals surface area contributed by atoms with Gasteiger partial charge in [0.1, 0.15) is 11.3 Å². The van der Waals surface area contributed by atoms with Crippen LogP contribution in [0.2, 0.25) is 0 Å². The Labute approximate surface area is 149 Å². The number of carbonyl (C=O) groups is 2. The summed E-state index contributed by atoms with van der Waals surface area (Å²) in [5, 5.41) is 0. The summed E-state index contributed by atoms with van der Waals surface area (Å²) in [5.74, 6) is -0.380. The summed E-state index contributed by atoms with van der Waals surface area (Å²) in [6.45, 7) is 3.80. The van der Waals surface area contributed by atoms with Gasteiger partial charge in [0.05, 0.1) is 12.8 Å². The average molecular weight is 354 g/mol. The number of aryl methyl sites for hydroxylation is 1. The van der Waals surface area contributed by atoms with Gasteiger partial charge in [0.25, 0.3) is 5.56 Å². The monoisotopic (exact) mass is 354 g/mol. The Morgan fingerprint density at radius 2 is 2.00 bits per heavy atom. The van der Waals surface area contributed by atoms with E-state index >= 15 is 0 Å². The fourth-order valence-electron chi connectivity index (χ4n) is 2.75. The minimum absolute atomic E-state index is 0.136. The molecule has 7 nitrogen and oxygen atoms in total. The number of furan rings is 1. The van der Waals surface area contributed by atoms with Gasteiger partial charge in [0.15, 0.2) is 6.61 Å². The summed E-state index contributed by atoms with van der Waals surface area (Å²) in [7, 11) is 0.